The number of hydrogen-bond acceptors (Lipinski definition) is 1. The van der Waals surface area contributed by atoms with Crippen LogP contribution in [0.1, 0.15) is 50.7 Å². The first-order chi connectivity index (χ1) is 8.09. The Balaban J connectivity index is 2.13. The lowest BCUT2D eigenvalue weighted by Gasteiger charge is -2.11. The number of fused-ring (bicyclic) bond motifs is 1. The van der Waals surface area contributed by atoms with Gasteiger partial charge in [-0.15, -0.1) is 0 Å². The van der Waals surface area contributed by atoms with Crippen molar-refractivity contribution >= 4 is 5.78 Å². The van der Waals surface area contributed by atoms with Crippen LogP contribution in [0.2, 0.25) is 0 Å². The number of hydrogen-bond donors (Lipinski definition) is 0. The fraction of sp³-hybridized carbons (Fsp3) is 0.438. The lowest BCUT2D eigenvalue weighted by molar-refractivity contribution is -0.115. The van der Waals surface area contributed by atoms with Gasteiger partial charge in [-0.3, -0.25) is 4.79 Å². The van der Waals surface area contributed by atoms with Crippen molar-refractivity contribution in [2.75, 3.05) is 0 Å². The fourth-order valence-corrected chi connectivity index (χ4v) is 2.51. The minimum atomic E-state index is 0.312. The van der Waals surface area contributed by atoms with E-state index in [4.69, 9.17) is 0 Å². The summed E-state index contributed by atoms with van der Waals surface area (Å²) in [7, 11) is 0. The molecule has 0 fully saturated rings. The highest BCUT2D eigenvalue weighted by Crippen LogP contribution is 2.35. The van der Waals surface area contributed by atoms with Crippen LogP contribution in [-0.2, 0) is 11.2 Å². The molecule has 0 N–H and O–H groups in total. The van der Waals surface area contributed by atoms with Gasteiger partial charge in [0.25, 0.3) is 0 Å². The van der Waals surface area contributed by atoms with Gasteiger partial charge in [0.05, 0.1) is 0 Å². The molecule has 1 aliphatic carbocycles. The minimum Gasteiger partial charge on any atom is -0.295 e. The molecule has 1 atom stereocenters. The van der Waals surface area contributed by atoms with Crippen LogP contribution in [0, 0.1) is 0 Å². The van der Waals surface area contributed by atoms with Crippen LogP contribution in [0.5, 0.6) is 0 Å². The summed E-state index contributed by atoms with van der Waals surface area (Å²) in [6.07, 6.45) is 2.93. The molecule has 0 amide bonds. The first-order valence-corrected chi connectivity index (χ1v) is 6.34. The van der Waals surface area contributed by atoms with E-state index in [1.165, 1.54) is 11.1 Å². The summed E-state index contributed by atoms with van der Waals surface area (Å²) in [4.78, 5) is 12.1. The molecule has 0 heterocycles. The van der Waals surface area contributed by atoms with Gasteiger partial charge in [-0.2, -0.15) is 0 Å². The number of Topliss-reactive ketones (excluding diaryl/α,β-unsaturated/α-hetero) is 1. The second-order valence-corrected chi connectivity index (χ2v) is 5.19. The molecule has 1 heteroatoms. The molecular formula is C16H20O. The third-order valence-corrected chi connectivity index (χ3v) is 3.86. The van der Waals surface area contributed by atoms with E-state index in [1.807, 2.05) is 20.8 Å². The summed E-state index contributed by atoms with van der Waals surface area (Å²) < 4.78 is 0. The first kappa shape index (κ1) is 12.1. The van der Waals surface area contributed by atoms with E-state index in [0.717, 1.165) is 24.0 Å². The number of aryl methyl sites for hydroxylation is 1. The molecule has 0 aliphatic heterocycles. The van der Waals surface area contributed by atoms with Gasteiger partial charge in [-0.1, -0.05) is 29.8 Å². The van der Waals surface area contributed by atoms with Crippen molar-refractivity contribution in [3.63, 3.8) is 0 Å². The summed E-state index contributed by atoms with van der Waals surface area (Å²) in [6.45, 7) is 5.96. The lowest BCUT2D eigenvalue weighted by Crippen LogP contribution is -2.07. The Hall–Kier alpha value is -1.37. The summed E-state index contributed by atoms with van der Waals surface area (Å²) in [6, 6.07) is 8.53. The van der Waals surface area contributed by atoms with Gasteiger partial charge in [0, 0.05) is 6.42 Å². The van der Waals surface area contributed by atoms with E-state index in [2.05, 4.69) is 24.3 Å². The molecule has 2 rings (SSSR count). The molecule has 0 bridgehead atoms. The number of allylic oxidation sites excluding steroid dienone is 2. The molecule has 0 saturated carbocycles. The molecular weight excluding hydrogens is 208 g/mol. The van der Waals surface area contributed by atoms with Gasteiger partial charge >= 0.3 is 0 Å². The Morgan fingerprint density at radius 3 is 2.65 bits per heavy atom. The minimum absolute atomic E-state index is 0.312. The molecule has 0 radical (unpaired) electrons. The summed E-state index contributed by atoms with van der Waals surface area (Å²) in [5.74, 6) is 0.750. The number of carbonyl (C=O) groups excluding carboxylic acids is 1. The standard InChI is InChI=1S/C16H20O/c1-11(2)12(3)16(17)10-14-9-8-13-6-4-5-7-15(13)14/h4-7,14H,8-10H2,1-3H3. The van der Waals surface area contributed by atoms with Crippen LogP contribution < -0.4 is 0 Å². The van der Waals surface area contributed by atoms with Crippen molar-refractivity contribution in [2.45, 2.75) is 46.0 Å². The first-order valence-electron chi connectivity index (χ1n) is 6.34. The maximum Gasteiger partial charge on any atom is 0.159 e. The van der Waals surface area contributed by atoms with Crippen molar-refractivity contribution in [1.82, 2.24) is 0 Å². The zero-order chi connectivity index (χ0) is 12.4. The maximum atomic E-state index is 12.1. The van der Waals surface area contributed by atoms with Gasteiger partial charge in [0.2, 0.25) is 0 Å². The topological polar surface area (TPSA) is 17.1 Å². The molecule has 1 aromatic carbocycles. The lowest BCUT2D eigenvalue weighted by atomic mass is 9.92. The fourth-order valence-electron chi connectivity index (χ4n) is 2.51. The third-order valence-electron chi connectivity index (χ3n) is 3.86. The third kappa shape index (κ3) is 2.49. The molecule has 1 aromatic rings. The number of rotatable bonds is 3. The highest BCUT2D eigenvalue weighted by atomic mass is 16.1. The van der Waals surface area contributed by atoms with Crippen LogP contribution >= 0.6 is 0 Å². The smallest absolute Gasteiger partial charge is 0.159 e. The highest BCUT2D eigenvalue weighted by Gasteiger charge is 2.24. The highest BCUT2D eigenvalue weighted by molar-refractivity contribution is 5.95. The molecule has 1 aliphatic rings. The largest absolute Gasteiger partial charge is 0.295 e. The predicted molar refractivity (Wildman–Crippen MR) is 71.2 cm³/mol. The molecule has 0 saturated heterocycles. The van der Waals surface area contributed by atoms with Crippen LogP contribution in [-0.4, -0.2) is 5.78 Å². The van der Waals surface area contributed by atoms with Crippen LogP contribution in [0.15, 0.2) is 35.4 Å². The Morgan fingerprint density at radius 2 is 1.94 bits per heavy atom. The van der Waals surface area contributed by atoms with E-state index in [0.29, 0.717) is 18.1 Å². The van der Waals surface area contributed by atoms with Gasteiger partial charge in [-0.25, -0.2) is 0 Å². The van der Waals surface area contributed by atoms with Crippen molar-refractivity contribution < 1.29 is 4.79 Å². The quantitative estimate of drug-likeness (QED) is 0.714. The van der Waals surface area contributed by atoms with Crippen molar-refractivity contribution in [3.05, 3.63) is 46.5 Å². The van der Waals surface area contributed by atoms with Crippen LogP contribution in [0.3, 0.4) is 0 Å². The van der Waals surface area contributed by atoms with E-state index in [-0.39, 0.29) is 0 Å². The maximum absolute atomic E-state index is 12.1. The zero-order valence-electron chi connectivity index (χ0n) is 10.9. The van der Waals surface area contributed by atoms with Crippen molar-refractivity contribution in [3.8, 4) is 0 Å². The molecule has 1 nitrogen and oxygen atoms in total. The van der Waals surface area contributed by atoms with Gasteiger partial charge in [0.15, 0.2) is 5.78 Å². The Bertz CT molecular complexity index is 464. The molecule has 17 heavy (non-hydrogen) atoms. The number of ketones is 1. The Labute approximate surface area is 104 Å². The zero-order valence-corrected chi connectivity index (χ0v) is 10.9. The molecule has 0 spiro atoms. The van der Waals surface area contributed by atoms with Crippen LogP contribution in [0.4, 0.5) is 0 Å². The van der Waals surface area contributed by atoms with Gasteiger partial charge in [-0.05, 0) is 56.2 Å². The molecule has 1 unspecified atom stereocenters. The van der Waals surface area contributed by atoms with Gasteiger partial charge in [0.1, 0.15) is 0 Å². The molecule has 0 aromatic heterocycles. The predicted octanol–water partition coefficient (Wildman–Crippen LogP) is 4.03. The SMILES string of the molecule is CC(C)=C(C)C(=O)CC1CCc2ccccc21. The van der Waals surface area contributed by atoms with Gasteiger partial charge < -0.3 is 0 Å². The average molecular weight is 228 g/mol. The Kier molecular flexibility index (Phi) is 3.46. The number of benzene rings is 1. The van der Waals surface area contributed by atoms with E-state index < -0.39 is 0 Å². The van der Waals surface area contributed by atoms with E-state index in [1.54, 1.807) is 0 Å². The number of carbonyl (C=O) groups is 1. The van der Waals surface area contributed by atoms with E-state index in [9.17, 15) is 4.79 Å². The summed E-state index contributed by atoms with van der Waals surface area (Å²) in [5.41, 5.74) is 4.90. The molecule has 90 valence electrons. The normalized spacial score (nSPS) is 17.7. The van der Waals surface area contributed by atoms with Crippen LogP contribution in [0.25, 0.3) is 0 Å². The monoisotopic (exact) mass is 228 g/mol. The van der Waals surface area contributed by atoms with Crippen molar-refractivity contribution in [2.24, 2.45) is 0 Å². The average Bonchev–Trinajstić information content (AvgIpc) is 2.71. The Morgan fingerprint density at radius 1 is 1.24 bits per heavy atom. The van der Waals surface area contributed by atoms with Crippen molar-refractivity contribution in [1.29, 1.82) is 0 Å². The second kappa shape index (κ2) is 4.87. The second-order valence-electron chi connectivity index (χ2n) is 5.19. The van der Waals surface area contributed by atoms with E-state index >= 15 is 0 Å². The summed E-state index contributed by atoms with van der Waals surface area (Å²) in [5, 5.41) is 0. The summed E-state index contributed by atoms with van der Waals surface area (Å²) >= 11 is 0.